The Balaban J connectivity index is 2.03. The molecule has 0 radical (unpaired) electrons. The summed E-state index contributed by atoms with van der Waals surface area (Å²) in [6.07, 6.45) is 0. The summed E-state index contributed by atoms with van der Waals surface area (Å²) in [4.78, 5) is 0. The molecular weight excluding hydrogens is 373 g/mol. The van der Waals surface area contributed by atoms with Crippen LogP contribution in [0.4, 0.5) is 4.39 Å². The monoisotopic (exact) mass is 385 g/mol. The highest BCUT2D eigenvalue weighted by Gasteiger charge is 2.09. The normalized spacial score (nSPS) is 12.4. The van der Waals surface area contributed by atoms with Crippen LogP contribution in [-0.4, -0.2) is 0 Å². The van der Waals surface area contributed by atoms with Crippen LogP contribution in [-0.2, 0) is 6.54 Å². The first-order chi connectivity index (χ1) is 9.06. The Morgan fingerprint density at radius 3 is 2.63 bits per heavy atom. The molecule has 1 N–H and O–H groups in total. The van der Waals surface area contributed by atoms with Crippen molar-refractivity contribution in [1.29, 1.82) is 0 Å². The topological polar surface area (TPSA) is 12.0 Å². The van der Waals surface area contributed by atoms with E-state index in [-0.39, 0.29) is 11.9 Å². The van der Waals surface area contributed by atoms with Gasteiger partial charge in [0.1, 0.15) is 5.82 Å². The third kappa shape index (κ3) is 4.13. The lowest BCUT2D eigenvalue weighted by Gasteiger charge is -2.16. The number of nitrogens with one attached hydrogen (secondary N) is 1. The molecule has 0 bridgehead atoms. The van der Waals surface area contributed by atoms with Gasteiger partial charge in [0.25, 0.3) is 0 Å². The maximum absolute atomic E-state index is 13.1. The van der Waals surface area contributed by atoms with Gasteiger partial charge in [-0.1, -0.05) is 50.1 Å². The van der Waals surface area contributed by atoms with Crippen molar-refractivity contribution in [1.82, 2.24) is 5.32 Å². The summed E-state index contributed by atoms with van der Waals surface area (Å²) in [7, 11) is 0. The molecular formula is C15H14Br2FN. The smallest absolute Gasteiger partial charge is 0.124 e. The minimum Gasteiger partial charge on any atom is -0.306 e. The van der Waals surface area contributed by atoms with E-state index in [1.807, 2.05) is 12.1 Å². The van der Waals surface area contributed by atoms with E-state index in [0.29, 0.717) is 0 Å². The first kappa shape index (κ1) is 14.7. The minimum atomic E-state index is -0.227. The van der Waals surface area contributed by atoms with Crippen molar-refractivity contribution in [2.45, 2.75) is 19.5 Å². The Morgan fingerprint density at radius 2 is 1.95 bits per heavy atom. The molecule has 0 aliphatic carbocycles. The number of hydrogen-bond donors (Lipinski definition) is 1. The molecule has 2 aromatic rings. The molecule has 2 rings (SSSR count). The van der Waals surface area contributed by atoms with Gasteiger partial charge in [-0.15, -0.1) is 0 Å². The molecule has 0 heterocycles. The Labute approximate surface area is 129 Å². The Bertz CT molecular complexity index is 572. The lowest BCUT2D eigenvalue weighted by atomic mass is 10.1. The predicted octanol–water partition coefficient (Wildman–Crippen LogP) is 5.20. The largest absolute Gasteiger partial charge is 0.306 e. The molecule has 0 amide bonds. The average Bonchev–Trinajstić information content (AvgIpc) is 2.36. The molecule has 19 heavy (non-hydrogen) atoms. The summed E-state index contributed by atoms with van der Waals surface area (Å²) >= 11 is 6.85. The zero-order valence-electron chi connectivity index (χ0n) is 10.5. The van der Waals surface area contributed by atoms with Crippen molar-refractivity contribution in [2.75, 3.05) is 0 Å². The van der Waals surface area contributed by atoms with Crippen molar-refractivity contribution in [3.05, 3.63) is 68.4 Å². The van der Waals surface area contributed by atoms with Crippen molar-refractivity contribution in [3.8, 4) is 0 Å². The van der Waals surface area contributed by atoms with Gasteiger partial charge in [0.05, 0.1) is 0 Å². The Hall–Kier alpha value is -0.710. The summed E-state index contributed by atoms with van der Waals surface area (Å²) in [5.41, 5.74) is 2.26. The van der Waals surface area contributed by atoms with Crippen LogP contribution < -0.4 is 5.32 Å². The van der Waals surface area contributed by atoms with Gasteiger partial charge in [0, 0.05) is 21.5 Å². The molecule has 0 aromatic heterocycles. The van der Waals surface area contributed by atoms with E-state index in [4.69, 9.17) is 0 Å². The molecule has 2 aromatic carbocycles. The SMILES string of the molecule is CC(NCc1cccc(Br)c1)c1ccc(F)cc1Br. The zero-order valence-corrected chi connectivity index (χ0v) is 13.6. The van der Waals surface area contributed by atoms with E-state index in [2.05, 4.69) is 56.2 Å². The summed E-state index contributed by atoms with van der Waals surface area (Å²) in [5.74, 6) is -0.227. The fourth-order valence-corrected chi connectivity index (χ4v) is 3.02. The van der Waals surface area contributed by atoms with E-state index in [9.17, 15) is 4.39 Å². The molecule has 0 saturated heterocycles. The van der Waals surface area contributed by atoms with Gasteiger partial charge >= 0.3 is 0 Å². The summed E-state index contributed by atoms with van der Waals surface area (Å²) in [6, 6.07) is 13.1. The van der Waals surface area contributed by atoms with Crippen molar-refractivity contribution in [3.63, 3.8) is 0 Å². The number of rotatable bonds is 4. The van der Waals surface area contributed by atoms with Gasteiger partial charge in [-0.3, -0.25) is 0 Å². The molecule has 0 saturated carbocycles. The first-order valence-electron chi connectivity index (χ1n) is 5.99. The molecule has 1 unspecified atom stereocenters. The van der Waals surface area contributed by atoms with Crippen LogP contribution in [0.3, 0.4) is 0 Å². The Morgan fingerprint density at radius 1 is 1.16 bits per heavy atom. The van der Waals surface area contributed by atoms with Gasteiger partial charge in [0.2, 0.25) is 0 Å². The maximum Gasteiger partial charge on any atom is 0.124 e. The van der Waals surface area contributed by atoms with Crippen LogP contribution in [0.25, 0.3) is 0 Å². The molecule has 100 valence electrons. The molecule has 4 heteroatoms. The lowest BCUT2D eigenvalue weighted by molar-refractivity contribution is 0.568. The van der Waals surface area contributed by atoms with Crippen molar-refractivity contribution >= 4 is 31.9 Å². The predicted molar refractivity (Wildman–Crippen MR) is 83.5 cm³/mol. The molecule has 1 atom stereocenters. The van der Waals surface area contributed by atoms with E-state index in [0.717, 1.165) is 21.1 Å². The van der Waals surface area contributed by atoms with Crippen molar-refractivity contribution in [2.24, 2.45) is 0 Å². The van der Waals surface area contributed by atoms with Crippen LogP contribution in [0.5, 0.6) is 0 Å². The van der Waals surface area contributed by atoms with E-state index < -0.39 is 0 Å². The highest BCUT2D eigenvalue weighted by Crippen LogP contribution is 2.24. The molecule has 1 nitrogen and oxygen atoms in total. The summed E-state index contributed by atoms with van der Waals surface area (Å²) < 4.78 is 14.9. The Kier molecular flexibility index (Phi) is 5.13. The van der Waals surface area contributed by atoms with Gasteiger partial charge in [-0.2, -0.15) is 0 Å². The minimum absolute atomic E-state index is 0.147. The van der Waals surface area contributed by atoms with Crippen LogP contribution in [0.2, 0.25) is 0 Å². The van der Waals surface area contributed by atoms with Crippen molar-refractivity contribution < 1.29 is 4.39 Å². The second-order valence-electron chi connectivity index (χ2n) is 4.40. The molecule has 0 spiro atoms. The van der Waals surface area contributed by atoms with Crippen LogP contribution in [0.15, 0.2) is 51.4 Å². The third-order valence-corrected chi connectivity index (χ3v) is 4.11. The quantitative estimate of drug-likeness (QED) is 0.761. The second-order valence-corrected chi connectivity index (χ2v) is 6.17. The zero-order chi connectivity index (χ0) is 13.8. The van der Waals surface area contributed by atoms with E-state index in [1.54, 1.807) is 6.07 Å². The van der Waals surface area contributed by atoms with Crippen LogP contribution >= 0.6 is 31.9 Å². The highest BCUT2D eigenvalue weighted by atomic mass is 79.9. The fourth-order valence-electron chi connectivity index (χ4n) is 1.88. The molecule has 0 aliphatic rings. The van der Waals surface area contributed by atoms with Crippen LogP contribution in [0.1, 0.15) is 24.1 Å². The molecule has 0 aliphatic heterocycles. The fraction of sp³-hybridized carbons (Fsp3) is 0.200. The number of halogens is 3. The lowest BCUT2D eigenvalue weighted by Crippen LogP contribution is -2.18. The highest BCUT2D eigenvalue weighted by molar-refractivity contribution is 9.10. The van der Waals surface area contributed by atoms with Gasteiger partial charge in [-0.25, -0.2) is 4.39 Å². The van der Waals surface area contributed by atoms with Gasteiger partial charge in [0.15, 0.2) is 0 Å². The second kappa shape index (κ2) is 6.64. The maximum atomic E-state index is 13.1. The number of hydrogen-bond acceptors (Lipinski definition) is 1. The molecule has 0 fully saturated rings. The standard InChI is InChI=1S/C15H14Br2FN/c1-10(14-6-5-13(18)8-15(14)17)19-9-11-3-2-4-12(16)7-11/h2-8,10,19H,9H2,1H3. The van der Waals surface area contributed by atoms with Gasteiger partial charge < -0.3 is 5.32 Å². The summed E-state index contributed by atoms with van der Waals surface area (Å²) in [5, 5.41) is 3.43. The van der Waals surface area contributed by atoms with Crippen LogP contribution in [0, 0.1) is 5.82 Å². The van der Waals surface area contributed by atoms with Gasteiger partial charge in [-0.05, 0) is 42.3 Å². The van der Waals surface area contributed by atoms with E-state index >= 15 is 0 Å². The third-order valence-electron chi connectivity index (χ3n) is 2.93. The average molecular weight is 387 g/mol. The first-order valence-corrected chi connectivity index (χ1v) is 7.57. The van der Waals surface area contributed by atoms with E-state index in [1.165, 1.54) is 17.7 Å². The number of benzene rings is 2. The summed E-state index contributed by atoms with van der Waals surface area (Å²) in [6.45, 7) is 2.83.